The number of hydrogen-bond acceptors (Lipinski definition) is 2. The molecule has 0 saturated carbocycles. The van der Waals surface area contributed by atoms with E-state index in [1.807, 2.05) is 30.3 Å². The van der Waals surface area contributed by atoms with Crippen molar-refractivity contribution < 1.29 is 9.00 Å². The minimum atomic E-state index is -1.04. The van der Waals surface area contributed by atoms with Crippen LogP contribution in [-0.4, -0.2) is 16.2 Å². The van der Waals surface area contributed by atoms with E-state index in [0.29, 0.717) is 5.75 Å². The van der Waals surface area contributed by atoms with Gasteiger partial charge in [-0.3, -0.25) is 4.21 Å². The van der Waals surface area contributed by atoms with Gasteiger partial charge in [-0.2, -0.15) is 0 Å². The number of carbonyl (C=O) groups is 1. The lowest BCUT2D eigenvalue weighted by atomic mass is 10.3. The molecule has 0 aromatic heterocycles. The predicted molar refractivity (Wildman–Crippen MR) is 52.9 cm³/mol. The fourth-order valence-electron chi connectivity index (χ4n) is 0.947. The Morgan fingerprint density at radius 2 is 2.00 bits per heavy atom. The molecule has 0 aliphatic heterocycles. The van der Waals surface area contributed by atoms with Crippen LogP contribution in [0.25, 0.3) is 0 Å². The van der Waals surface area contributed by atoms with Crippen LogP contribution in [0.2, 0.25) is 0 Å². The normalized spacial score (nSPS) is 14.8. The summed E-state index contributed by atoms with van der Waals surface area (Å²) in [5.41, 5.74) is 0. The number of benzene rings is 1. The van der Waals surface area contributed by atoms with Crippen LogP contribution in [-0.2, 0) is 15.6 Å². The zero-order chi connectivity index (χ0) is 9.68. The molecule has 1 aromatic rings. The van der Waals surface area contributed by atoms with Gasteiger partial charge in [0.2, 0.25) is 0 Å². The molecular weight excluding hydrogens is 184 g/mol. The molecule has 0 heterocycles. The molecule has 2 atom stereocenters. The maximum absolute atomic E-state index is 11.6. The third kappa shape index (κ3) is 3.11. The molecule has 0 aliphatic rings. The van der Waals surface area contributed by atoms with Crippen molar-refractivity contribution in [3.63, 3.8) is 0 Å². The van der Waals surface area contributed by atoms with E-state index in [-0.39, 0.29) is 5.92 Å². The lowest BCUT2D eigenvalue weighted by Crippen LogP contribution is -2.08. The van der Waals surface area contributed by atoms with Crippen LogP contribution in [0.5, 0.6) is 0 Å². The summed E-state index contributed by atoms with van der Waals surface area (Å²) in [6, 6.07) is 9.20. The molecule has 0 N–H and O–H groups in total. The maximum Gasteiger partial charge on any atom is 0.123 e. The topological polar surface area (TPSA) is 34.1 Å². The van der Waals surface area contributed by atoms with Crippen molar-refractivity contribution in [2.45, 2.75) is 11.8 Å². The van der Waals surface area contributed by atoms with Crippen molar-refractivity contribution >= 4 is 17.1 Å². The molecule has 1 aromatic carbocycles. The monoisotopic (exact) mass is 196 g/mol. The van der Waals surface area contributed by atoms with E-state index in [1.165, 1.54) is 0 Å². The van der Waals surface area contributed by atoms with E-state index >= 15 is 0 Å². The Bertz CT molecular complexity index is 295. The second-order valence-electron chi connectivity index (χ2n) is 2.94. The third-order valence-electron chi connectivity index (χ3n) is 1.65. The maximum atomic E-state index is 11.6. The Balaban J connectivity index is 2.64. The molecule has 0 fully saturated rings. The van der Waals surface area contributed by atoms with Gasteiger partial charge in [-0.15, -0.1) is 0 Å². The smallest absolute Gasteiger partial charge is 0.123 e. The average Bonchev–Trinajstić information content (AvgIpc) is 2.19. The standard InChI is InChI=1S/C10H12O2S/c1-9(7-11)8-13(12)10-5-3-2-4-6-10/h2-7,9H,8H2,1H3/t9-,13?/m0/s1. The van der Waals surface area contributed by atoms with Gasteiger partial charge in [-0.1, -0.05) is 25.1 Å². The van der Waals surface area contributed by atoms with E-state index in [9.17, 15) is 9.00 Å². The molecule has 1 unspecified atom stereocenters. The fraction of sp³-hybridized carbons (Fsp3) is 0.300. The Morgan fingerprint density at radius 3 is 2.54 bits per heavy atom. The molecule has 0 aliphatic carbocycles. The van der Waals surface area contributed by atoms with E-state index in [4.69, 9.17) is 0 Å². The van der Waals surface area contributed by atoms with E-state index < -0.39 is 10.8 Å². The lowest BCUT2D eigenvalue weighted by Gasteiger charge is -2.03. The van der Waals surface area contributed by atoms with E-state index in [0.717, 1.165) is 11.2 Å². The first kappa shape index (κ1) is 10.1. The Kier molecular flexibility index (Phi) is 3.83. The summed E-state index contributed by atoms with van der Waals surface area (Å²) < 4.78 is 11.6. The second-order valence-corrected chi connectivity index (χ2v) is 4.43. The average molecular weight is 196 g/mol. The zero-order valence-electron chi connectivity index (χ0n) is 7.47. The molecule has 70 valence electrons. The zero-order valence-corrected chi connectivity index (χ0v) is 8.29. The van der Waals surface area contributed by atoms with Gasteiger partial charge in [0.15, 0.2) is 0 Å². The summed E-state index contributed by atoms with van der Waals surface area (Å²) in [4.78, 5) is 11.1. The van der Waals surface area contributed by atoms with Crippen LogP contribution in [0.15, 0.2) is 35.2 Å². The minimum absolute atomic E-state index is 0.138. The first-order valence-electron chi connectivity index (χ1n) is 4.12. The van der Waals surface area contributed by atoms with Crippen molar-refractivity contribution in [3.8, 4) is 0 Å². The quantitative estimate of drug-likeness (QED) is 0.686. The molecule has 1 rings (SSSR count). The number of rotatable bonds is 4. The highest BCUT2D eigenvalue weighted by atomic mass is 32.2. The first-order chi connectivity index (χ1) is 6.24. The second kappa shape index (κ2) is 4.92. The highest BCUT2D eigenvalue weighted by Crippen LogP contribution is 2.07. The molecule has 0 radical (unpaired) electrons. The first-order valence-corrected chi connectivity index (χ1v) is 5.44. The van der Waals surface area contributed by atoms with Gasteiger partial charge in [-0.05, 0) is 12.1 Å². The Hall–Kier alpha value is -0.960. The van der Waals surface area contributed by atoms with Crippen molar-refractivity contribution in [2.75, 3.05) is 5.75 Å². The van der Waals surface area contributed by atoms with Crippen LogP contribution in [0.1, 0.15) is 6.92 Å². The highest BCUT2D eigenvalue weighted by molar-refractivity contribution is 7.85. The summed E-state index contributed by atoms with van der Waals surface area (Å²) in [5.74, 6) is 0.272. The van der Waals surface area contributed by atoms with Crippen LogP contribution >= 0.6 is 0 Å². The van der Waals surface area contributed by atoms with Crippen molar-refractivity contribution in [1.29, 1.82) is 0 Å². The molecule has 3 heteroatoms. The molecular formula is C10H12O2S. The van der Waals surface area contributed by atoms with Gasteiger partial charge in [0.05, 0.1) is 10.8 Å². The summed E-state index contributed by atoms with van der Waals surface area (Å²) in [7, 11) is -1.04. The number of hydrogen-bond donors (Lipinski definition) is 0. The summed E-state index contributed by atoms with van der Waals surface area (Å²) in [6.07, 6.45) is 0.834. The molecule has 0 bridgehead atoms. The SMILES string of the molecule is C[C@@H](C=O)CS(=O)c1ccccc1. The van der Waals surface area contributed by atoms with Gasteiger partial charge in [0, 0.05) is 16.6 Å². The summed E-state index contributed by atoms with van der Waals surface area (Å²) in [5, 5.41) is 0. The molecule has 0 saturated heterocycles. The lowest BCUT2D eigenvalue weighted by molar-refractivity contribution is -0.110. The van der Waals surface area contributed by atoms with E-state index in [1.54, 1.807) is 6.92 Å². The number of carbonyl (C=O) groups excluding carboxylic acids is 1. The van der Waals surface area contributed by atoms with E-state index in [2.05, 4.69) is 0 Å². The van der Waals surface area contributed by atoms with Gasteiger partial charge in [0.25, 0.3) is 0 Å². The highest BCUT2D eigenvalue weighted by Gasteiger charge is 2.07. The minimum Gasteiger partial charge on any atom is -0.303 e. The fourth-order valence-corrected chi connectivity index (χ4v) is 2.16. The van der Waals surface area contributed by atoms with Crippen molar-refractivity contribution in [1.82, 2.24) is 0 Å². The van der Waals surface area contributed by atoms with Crippen LogP contribution in [0.3, 0.4) is 0 Å². The number of aldehydes is 1. The van der Waals surface area contributed by atoms with Gasteiger partial charge in [-0.25, -0.2) is 0 Å². The van der Waals surface area contributed by atoms with Crippen LogP contribution in [0.4, 0.5) is 0 Å². The van der Waals surface area contributed by atoms with Crippen LogP contribution in [0, 0.1) is 5.92 Å². The van der Waals surface area contributed by atoms with Crippen molar-refractivity contribution in [3.05, 3.63) is 30.3 Å². The van der Waals surface area contributed by atoms with Crippen molar-refractivity contribution in [2.24, 2.45) is 5.92 Å². The van der Waals surface area contributed by atoms with Crippen LogP contribution < -0.4 is 0 Å². The molecule has 2 nitrogen and oxygen atoms in total. The third-order valence-corrected chi connectivity index (χ3v) is 3.28. The molecule has 13 heavy (non-hydrogen) atoms. The Labute approximate surface area is 80.4 Å². The Morgan fingerprint density at radius 1 is 1.38 bits per heavy atom. The van der Waals surface area contributed by atoms with Gasteiger partial charge in [0.1, 0.15) is 6.29 Å². The largest absolute Gasteiger partial charge is 0.303 e. The summed E-state index contributed by atoms with van der Waals surface area (Å²) in [6.45, 7) is 1.77. The summed E-state index contributed by atoms with van der Waals surface area (Å²) >= 11 is 0. The predicted octanol–water partition coefficient (Wildman–Crippen LogP) is 1.63. The molecule has 0 amide bonds. The van der Waals surface area contributed by atoms with Gasteiger partial charge >= 0.3 is 0 Å². The molecule has 0 spiro atoms. The van der Waals surface area contributed by atoms with Gasteiger partial charge < -0.3 is 4.79 Å².